The molecule has 2 aromatic heterocycles. The first-order chi connectivity index (χ1) is 11.1. The summed E-state index contributed by atoms with van der Waals surface area (Å²) in [5.41, 5.74) is 1.40. The lowest BCUT2D eigenvalue weighted by Crippen LogP contribution is -2.09. The zero-order valence-corrected chi connectivity index (χ0v) is 13.2. The van der Waals surface area contributed by atoms with E-state index in [0.29, 0.717) is 15.7 Å². The second-order valence-electron chi connectivity index (χ2n) is 4.37. The van der Waals surface area contributed by atoms with Crippen molar-refractivity contribution in [2.75, 3.05) is 5.32 Å². The summed E-state index contributed by atoms with van der Waals surface area (Å²) in [7, 11) is 0. The Morgan fingerprint density at radius 3 is 2.61 bits per heavy atom. The number of carbonyl (C=O) groups is 1. The minimum absolute atomic E-state index is 0.0881. The molecule has 1 N–H and O–H groups in total. The van der Waals surface area contributed by atoms with Crippen molar-refractivity contribution in [3.8, 4) is 17.0 Å². The number of nitrogens with zero attached hydrogens (tertiary/aromatic N) is 1. The smallest absolute Gasteiger partial charge is 0.387 e. The molecule has 118 valence electrons. The van der Waals surface area contributed by atoms with Crippen LogP contribution in [0.3, 0.4) is 0 Å². The number of hydrogen-bond donors (Lipinski definition) is 1. The normalized spacial score (nSPS) is 10.7. The zero-order chi connectivity index (χ0) is 16.2. The van der Waals surface area contributed by atoms with Crippen molar-refractivity contribution >= 4 is 33.7 Å². The highest BCUT2D eigenvalue weighted by molar-refractivity contribution is 7.14. The molecule has 1 amide bonds. The molecule has 0 saturated carbocycles. The molecule has 3 rings (SSSR count). The molecule has 0 aliphatic carbocycles. The molecule has 8 heteroatoms. The second kappa shape index (κ2) is 6.84. The summed E-state index contributed by atoms with van der Waals surface area (Å²) in [6, 6.07) is 9.71. The number of carbonyl (C=O) groups excluding carboxylic acids is 1. The number of alkyl halides is 2. The molecule has 23 heavy (non-hydrogen) atoms. The van der Waals surface area contributed by atoms with Crippen molar-refractivity contribution in [1.82, 2.24) is 4.98 Å². The highest BCUT2D eigenvalue weighted by atomic mass is 32.1. The van der Waals surface area contributed by atoms with E-state index in [1.165, 1.54) is 34.8 Å². The van der Waals surface area contributed by atoms with Gasteiger partial charge in [-0.05, 0) is 35.7 Å². The van der Waals surface area contributed by atoms with Crippen molar-refractivity contribution in [3.05, 3.63) is 52.0 Å². The Morgan fingerprint density at radius 2 is 1.96 bits per heavy atom. The van der Waals surface area contributed by atoms with Gasteiger partial charge in [0.25, 0.3) is 5.91 Å². The topological polar surface area (TPSA) is 51.2 Å². The summed E-state index contributed by atoms with van der Waals surface area (Å²) in [5, 5.41) is 6.81. The largest absolute Gasteiger partial charge is 0.435 e. The number of anilines is 1. The van der Waals surface area contributed by atoms with Gasteiger partial charge in [0, 0.05) is 10.9 Å². The summed E-state index contributed by atoms with van der Waals surface area (Å²) in [6.07, 6.45) is 0. The van der Waals surface area contributed by atoms with Crippen LogP contribution < -0.4 is 10.1 Å². The number of thiazole rings is 1. The van der Waals surface area contributed by atoms with Crippen LogP contribution in [-0.2, 0) is 0 Å². The van der Waals surface area contributed by atoms with E-state index in [1.54, 1.807) is 29.6 Å². The molecular weight excluding hydrogens is 342 g/mol. The summed E-state index contributed by atoms with van der Waals surface area (Å²) in [4.78, 5) is 16.9. The van der Waals surface area contributed by atoms with E-state index in [9.17, 15) is 13.6 Å². The summed E-state index contributed by atoms with van der Waals surface area (Å²) >= 11 is 2.64. The van der Waals surface area contributed by atoms with Gasteiger partial charge in [-0.15, -0.1) is 22.7 Å². The van der Waals surface area contributed by atoms with E-state index in [4.69, 9.17) is 0 Å². The first-order valence-corrected chi connectivity index (χ1v) is 8.23. The quantitative estimate of drug-likeness (QED) is 0.722. The molecule has 0 fully saturated rings. The van der Waals surface area contributed by atoms with Gasteiger partial charge in [-0.2, -0.15) is 8.78 Å². The molecule has 0 radical (unpaired) electrons. The Hall–Kier alpha value is -2.32. The van der Waals surface area contributed by atoms with Crippen LogP contribution in [0, 0.1) is 0 Å². The third-order valence-electron chi connectivity index (χ3n) is 2.84. The van der Waals surface area contributed by atoms with Crippen molar-refractivity contribution in [2.45, 2.75) is 6.61 Å². The Morgan fingerprint density at radius 1 is 1.17 bits per heavy atom. The van der Waals surface area contributed by atoms with Gasteiger partial charge in [0.05, 0.1) is 10.6 Å². The average Bonchev–Trinajstić information content (AvgIpc) is 3.18. The number of amides is 1. The molecule has 0 atom stereocenters. The highest BCUT2D eigenvalue weighted by Crippen LogP contribution is 2.27. The van der Waals surface area contributed by atoms with Crippen LogP contribution in [0.15, 0.2) is 47.2 Å². The fourth-order valence-electron chi connectivity index (χ4n) is 1.84. The predicted molar refractivity (Wildman–Crippen MR) is 86.5 cm³/mol. The Balaban J connectivity index is 1.70. The van der Waals surface area contributed by atoms with Gasteiger partial charge in [0.15, 0.2) is 5.13 Å². The molecule has 2 heterocycles. The third kappa shape index (κ3) is 3.91. The van der Waals surface area contributed by atoms with Crippen molar-refractivity contribution in [3.63, 3.8) is 0 Å². The maximum absolute atomic E-state index is 12.1. The molecule has 0 unspecified atom stereocenters. The van der Waals surface area contributed by atoms with Crippen LogP contribution in [0.1, 0.15) is 9.67 Å². The van der Waals surface area contributed by atoms with Gasteiger partial charge >= 0.3 is 6.61 Å². The van der Waals surface area contributed by atoms with Gasteiger partial charge in [-0.25, -0.2) is 4.98 Å². The summed E-state index contributed by atoms with van der Waals surface area (Å²) < 4.78 is 28.5. The second-order valence-corrected chi connectivity index (χ2v) is 6.18. The number of halogens is 2. The molecule has 0 aliphatic heterocycles. The lowest BCUT2D eigenvalue weighted by atomic mass is 10.2. The SMILES string of the molecule is O=C(Nc1nc(-c2ccc(OC(F)F)cc2)cs1)c1cccs1. The van der Waals surface area contributed by atoms with Crippen molar-refractivity contribution < 1.29 is 18.3 Å². The zero-order valence-electron chi connectivity index (χ0n) is 11.5. The predicted octanol–water partition coefficient (Wildman–Crippen LogP) is 4.73. The number of benzene rings is 1. The van der Waals surface area contributed by atoms with Crippen LogP contribution in [0.4, 0.5) is 13.9 Å². The summed E-state index contributed by atoms with van der Waals surface area (Å²) in [6.45, 7) is -2.85. The minimum atomic E-state index is -2.85. The van der Waals surface area contributed by atoms with Crippen LogP contribution in [0.25, 0.3) is 11.3 Å². The molecule has 1 aromatic carbocycles. The molecule has 4 nitrogen and oxygen atoms in total. The molecular formula is C15H10F2N2O2S2. The van der Waals surface area contributed by atoms with Gasteiger partial charge in [-0.1, -0.05) is 6.07 Å². The average molecular weight is 352 g/mol. The fourth-order valence-corrected chi connectivity index (χ4v) is 3.17. The maximum atomic E-state index is 12.1. The van der Waals surface area contributed by atoms with Crippen LogP contribution >= 0.6 is 22.7 Å². The van der Waals surface area contributed by atoms with Crippen LogP contribution in [-0.4, -0.2) is 17.5 Å². The number of nitrogens with one attached hydrogen (secondary N) is 1. The van der Waals surface area contributed by atoms with Crippen LogP contribution in [0.2, 0.25) is 0 Å². The van der Waals surface area contributed by atoms with E-state index >= 15 is 0 Å². The molecule has 3 aromatic rings. The Bertz CT molecular complexity index is 786. The van der Waals surface area contributed by atoms with Gasteiger partial charge in [0.1, 0.15) is 5.75 Å². The van der Waals surface area contributed by atoms with Crippen molar-refractivity contribution in [2.24, 2.45) is 0 Å². The number of hydrogen-bond acceptors (Lipinski definition) is 5. The number of aromatic nitrogens is 1. The van der Waals surface area contributed by atoms with E-state index in [-0.39, 0.29) is 11.7 Å². The standard InChI is InChI=1S/C15H10F2N2O2S2/c16-14(17)21-10-5-3-9(4-6-10)11-8-23-15(18-11)19-13(20)12-2-1-7-22-12/h1-8,14H,(H,18,19,20). The lowest BCUT2D eigenvalue weighted by Gasteiger charge is -2.04. The Kier molecular flexibility index (Phi) is 4.63. The molecule has 0 spiro atoms. The number of thiophene rings is 1. The van der Waals surface area contributed by atoms with Gasteiger partial charge in [-0.3, -0.25) is 10.1 Å². The van der Waals surface area contributed by atoms with Crippen LogP contribution in [0.5, 0.6) is 5.75 Å². The van der Waals surface area contributed by atoms with E-state index < -0.39 is 6.61 Å². The van der Waals surface area contributed by atoms with E-state index in [0.717, 1.165) is 5.56 Å². The first kappa shape index (κ1) is 15.6. The Labute approximate surface area is 138 Å². The highest BCUT2D eigenvalue weighted by Gasteiger charge is 2.11. The first-order valence-electron chi connectivity index (χ1n) is 6.47. The number of rotatable bonds is 5. The van der Waals surface area contributed by atoms with Crippen molar-refractivity contribution in [1.29, 1.82) is 0 Å². The maximum Gasteiger partial charge on any atom is 0.387 e. The monoisotopic (exact) mass is 352 g/mol. The summed E-state index contributed by atoms with van der Waals surface area (Å²) in [5.74, 6) is -0.119. The molecule has 0 bridgehead atoms. The van der Waals surface area contributed by atoms with Gasteiger partial charge < -0.3 is 4.74 Å². The molecule has 0 saturated heterocycles. The van der Waals surface area contributed by atoms with E-state index in [1.807, 2.05) is 5.38 Å². The number of ether oxygens (including phenoxy) is 1. The molecule has 0 aliphatic rings. The third-order valence-corrected chi connectivity index (χ3v) is 4.47. The van der Waals surface area contributed by atoms with E-state index in [2.05, 4.69) is 15.0 Å². The lowest BCUT2D eigenvalue weighted by molar-refractivity contribution is -0.0498. The minimum Gasteiger partial charge on any atom is -0.435 e. The fraction of sp³-hybridized carbons (Fsp3) is 0.0667. The van der Waals surface area contributed by atoms with Gasteiger partial charge in [0.2, 0.25) is 0 Å².